The molecule has 2 aromatic carbocycles. The molecule has 0 bridgehead atoms. The van der Waals surface area contributed by atoms with Gasteiger partial charge in [-0.25, -0.2) is 4.39 Å². The summed E-state index contributed by atoms with van der Waals surface area (Å²) in [7, 11) is 0. The van der Waals surface area contributed by atoms with E-state index < -0.39 is 0 Å². The Balaban J connectivity index is 1.50. The second-order valence-corrected chi connectivity index (χ2v) is 8.21. The van der Waals surface area contributed by atoms with Gasteiger partial charge in [-0.2, -0.15) is 0 Å². The van der Waals surface area contributed by atoms with Crippen LogP contribution in [0.2, 0.25) is 5.02 Å². The number of carbonyl (C=O) groups excluding carboxylic acids is 1. The van der Waals surface area contributed by atoms with E-state index in [1.165, 1.54) is 18.6 Å². The van der Waals surface area contributed by atoms with Gasteiger partial charge in [0.05, 0.1) is 5.02 Å². The average molecular weight is 427 g/mol. The monoisotopic (exact) mass is 426 g/mol. The second kappa shape index (κ2) is 8.96. The fourth-order valence-corrected chi connectivity index (χ4v) is 4.06. The van der Waals surface area contributed by atoms with E-state index in [9.17, 15) is 9.18 Å². The number of aryl methyl sites for hydroxylation is 1. The zero-order chi connectivity index (χ0) is 21.1. The number of aromatic nitrogens is 3. The number of rotatable bonds is 5. The van der Waals surface area contributed by atoms with E-state index in [1.54, 1.807) is 24.3 Å². The molecule has 0 saturated heterocycles. The van der Waals surface area contributed by atoms with Crippen molar-refractivity contribution in [2.45, 2.75) is 51.5 Å². The van der Waals surface area contributed by atoms with Crippen molar-refractivity contribution >= 4 is 23.2 Å². The first kappa shape index (κ1) is 20.5. The lowest BCUT2D eigenvalue weighted by molar-refractivity contribution is -0.116. The molecule has 156 valence electrons. The van der Waals surface area contributed by atoms with E-state index in [1.807, 2.05) is 13.0 Å². The molecule has 2 heterocycles. The summed E-state index contributed by atoms with van der Waals surface area (Å²) in [5.41, 5.74) is 2.35. The largest absolute Gasteiger partial charge is 0.326 e. The highest BCUT2D eigenvalue weighted by atomic mass is 35.5. The van der Waals surface area contributed by atoms with Crippen LogP contribution in [-0.2, 0) is 17.8 Å². The van der Waals surface area contributed by atoms with Gasteiger partial charge in [0.25, 0.3) is 0 Å². The maximum absolute atomic E-state index is 13.1. The summed E-state index contributed by atoms with van der Waals surface area (Å²) in [6, 6.07) is 11.7. The zero-order valence-electron chi connectivity index (χ0n) is 16.9. The number of hydrogen-bond acceptors (Lipinski definition) is 3. The van der Waals surface area contributed by atoms with Crippen LogP contribution >= 0.6 is 11.6 Å². The molecular formula is C23H24ClFN4O. The first-order chi connectivity index (χ1) is 14.5. The van der Waals surface area contributed by atoms with E-state index in [0.717, 1.165) is 48.6 Å². The summed E-state index contributed by atoms with van der Waals surface area (Å²) < 4.78 is 15.2. The fraction of sp³-hybridized carbons (Fsp3) is 0.348. The maximum atomic E-state index is 13.1. The molecule has 0 radical (unpaired) electrons. The van der Waals surface area contributed by atoms with Crippen molar-refractivity contribution in [2.24, 2.45) is 0 Å². The van der Waals surface area contributed by atoms with Gasteiger partial charge in [-0.1, -0.05) is 37.1 Å². The highest BCUT2D eigenvalue weighted by Gasteiger charge is 2.19. The molecule has 1 N–H and O–H groups in total. The average Bonchev–Trinajstić information content (AvgIpc) is 2.97. The molecule has 1 aliphatic heterocycles. The smallest absolute Gasteiger partial charge is 0.224 e. The van der Waals surface area contributed by atoms with Crippen molar-refractivity contribution in [3.63, 3.8) is 0 Å². The quantitative estimate of drug-likeness (QED) is 0.578. The molecule has 0 spiro atoms. The van der Waals surface area contributed by atoms with Gasteiger partial charge >= 0.3 is 0 Å². The number of fused-ring (bicyclic) bond motifs is 1. The molecule has 0 aliphatic carbocycles. The minimum absolute atomic E-state index is 0.0235. The second-order valence-electron chi connectivity index (χ2n) is 7.80. The third-order valence-corrected chi connectivity index (χ3v) is 5.86. The highest BCUT2D eigenvalue weighted by Crippen LogP contribution is 2.31. The SMILES string of the molecule is CC(CC(=O)Nc1ccc(Cl)c(-c2nnc3n2CCCCC3)c1)c1ccc(F)cc1. The van der Waals surface area contributed by atoms with Gasteiger partial charge in [-0.3, -0.25) is 4.79 Å². The molecular weight excluding hydrogens is 403 g/mol. The third kappa shape index (κ3) is 4.54. The van der Waals surface area contributed by atoms with Gasteiger partial charge < -0.3 is 9.88 Å². The molecule has 30 heavy (non-hydrogen) atoms. The lowest BCUT2D eigenvalue weighted by Gasteiger charge is -2.14. The predicted molar refractivity (Wildman–Crippen MR) is 116 cm³/mol. The van der Waals surface area contributed by atoms with Gasteiger partial charge in [0.2, 0.25) is 5.91 Å². The van der Waals surface area contributed by atoms with Crippen molar-refractivity contribution in [2.75, 3.05) is 5.32 Å². The number of nitrogens with zero attached hydrogens (tertiary/aromatic N) is 3. The van der Waals surface area contributed by atoms with E-state index in [4.69, 9.17) is 11.6 Å². The number of nitrogens with one attached hydrogen (secondary N) is 1. The van der Waals surface area contributed by atoms with Crippen LogP contribution in [0.15, 0.2) is 42.5 Å². The molecule has 7 heteroatoms. The van der Waals surface area contributed by atoms with E-state index in [0.29, 0.717) is 17.1 Å². The van der Waals surface area contributed by atoms with Crippen LogP contribution in [0.5, 0.6) is 0 Å². The van der Waals surface area contributed by atoms with E-state index >= 15 is 0 Å². The van der Waals surface area contributed by atoms with Crippen LogP contribution < -0.4 is 5.32 Å². The van der Waals surface area contributed by atoms with Gasteiger partial charge in [-0.15, -0.1) is 10.2 Å². The Bertz CT molecular complexity index is 1050. The van der Waals surface area contributed by atoms with Gasteiger partial charge in [0.1, 0.15) is 11.6 Å². The Morgan fingerprint density at radius 3 is 2.77 bits per heavy atom. The molecule has 0 fully saturated rings. The van der Waals surface area contributed by atoms with Gasteiger partial charge in [0, 0.05) is 30.6 Å². The number of amides is 1. The molecule has 3 aromatic rings. The molecule has 1 amide bonds. The van der Waals surface area contributed by atoms with Crippen molar-refractivity contribution in [3.05, 3.63) is 64.7 Å². The lowest BCUT2D eigenvalue weighted by atomic mass is 9.97. The Labute approximate surface area is 180 Å². The molecule has 0 saturated carbocycles. The first-order valence-corrected chi connectivity index (χ1v) is 10.7. The van der Waals surface area contributed by atoms with Crippen LogP contribution in [0.3, 0.4) is 0 Å². The highest BCUT2D eigenvalue weighted by molar-refractivity contribution is 6.33. The minimum Gasteiger partial charge on any atom is -0.326 e. The van der Waals surface area contributed by atoms with E-state index in [-0.39, 0.29) is 17.6 Å². The van der Waals surface area contributed by atoms with Gasteiger partial charge in [0.15, 0.2) is 5.82 Å². The Hall–Kier alpha value is -2.73. The van der Waals surface area contributed by atoms with Crippen molar-refractivity contribution in [3.8, 4) is 11.4 Å². The number of benzene rings is 2. The summed E-state index contributed by atoms with van der Waals surface area (Å²) in [4.78, 5) is 12.6. The first-order valence-electron chi connectivity index (χ1n) is 10.3. The topological polar surface area (TPSA) is 59.8 Å². The van der Waals surface area contributed by atoms with Crippen molar-refractivity contribution < 1.29 is 9.18 Å². The van der Waals surface area contributed by atoms with Crippen LogP contribution in [0.25, 0.3) is 11.4 Å². The lowest BCUT2D eigenvalue weighted by Crippen LogP contribution is -2.14. The molecule has 1 unspecified atom stereocenters. The zero-order valence-corrected chi connectivity index (χ0v) is 17.6. The predicted octanol–water partition coefficient (Wildman–Crippen LogP) is 5.60. The summed E-state index contributed by atoms with van der Waals surface area (Å²) in [6.07, 6.45) is 4.60. The van der Waals surface area contributed by atoms with Crippen LogP contribution in [0.4, 0.5) is 10.1 Å². The Morgan fingerprint density at radius 1 is 1.17 bits per heavy atom. The molecule has 5 nitrogen and oxygen atoms in total. The van der Waals surface area contributed by atoms with Crippen LogP contribution in [-0.4, -0.2) is 20.7 Å². The number of halogens is 2. The van der Waals surface area contributed by atoms with Crippen molar-refractivity contribution in [1.82, 2.24) is 14.8 Å². The van der Waals surface area contributed by atoms with Crippen LogP contribution in [0, 0.1) is 5.82 Å². The normalized spacial score (nSPS) is 14.6. The Kier molecular flexibility index (Phi) is 6.13. The maximum Gasteiger partial charge on any atom is 0.224 e. The summed E-state index contributed by atoms with van der Waals surface area (Å²) >= 11 is 6.46. The molecule has 4 rings (SSSR count). The summed E-state index contributed by atoms with van der Waals surface area (Å²) in [5, 5.41) is 12.2. The Morgan fingerprint density at radius 2 is 1.97 bits per heavy atom. The molecule has 1 aromatic heterocycles. The minimum atomic E-state index is -0.282. The molecule has 1 aliphatic rings. The number of anilines is 1. The molecule has 1 atom stereocenters. The summed E-state index contributed by atoms with van der Waals surface area (Å²) in [6.45, 7) is 2.82. The number of carbonyl (C=O) groups is 1. The summed E-state index contributed by atoms with van der Waals surface area (Å²) in [5.74, 6) is 1.31. The third-order valence-electron chi connectivity index (χ3n) is 5.53. The van der Waals surface area contributed by atoms with Gasteiger partial charge in [-0.05, 0) is 54.7 Å². The standard InChI is InChI=1S/C23H24ClFN4O/c1-15(16-6-8-17(25)9-7-16)13-22(30)26-18-10-11-20(24)19(14-18)23-28-27-21-5-3-2-4-12-29(21)23/h6-11,14-15H,2-5,12-13H2,1H3,(H,26,30). The van der Waals surface area contributed by atoms with E-state index in [2.05, 4.69) is 20.1 Å². The number of hydrogen-bond donors (Lipinski definition) is 1. The van der Waals surface area contributed by atoms with Crippen LogP contribution in [0.1, 0.15) is 49.9 Å². The van der Waals surface area contributed by atoms with Crippen molar-refractivity contribution in [1.29, 1.82) is 0 Å². The fourth-order valence-electron chi connectivity index (χ4n) is 3.86.